The monoisotopic (exact) mass is 344 g/mol. The van der Waals surface area contributed by atoms with Gasteiger partial charge in [-0.15, -0.1) is 11.3 Å². The minimum Gasteiger partial charge on any atom is -0.344 e. The van der Waals surface area contributed by atoms with E-state index in [-0.39, 0.29) is 17.5 Å². The van der Waals surface area contributed by atoms with Gasteiger partial charge in [-0.25, -0.2) is 4.98 Å². The standard InChI is InChI=1S/C19H24N2O2S/c1-2-3-9-21-13-15(19(23)14-6-4-5-7-14)11-16(21)17(22)12-18-20-8-10-24-18/h8,10-11,13-14H,2-7,9,12H2,1H3. The lowest BCUT2D eigenvalue weighted by atomic mass is 9.98. The van der Waals surface area contributed by atoms with E-state index in [1.54, 1.807) is 6.20 Å². The number of ketones is 2. The quantitative estimate of drug-likeness (QED) is 0.661. The molecular weight excluding hydrogens is 320 g/mol. The van der Waals surface area contributed by atoms with Gasteiger partial charge in [-0.3, -0.25) is 9.59 Å². The number of rotatable bonds is 8. The fourth-order valence-corrected chi connectivity index (χ4v) is 4.00. The Bertz CT molecular complexity index is 697. The van der Waals surface area contributed by atoms with Gasteiger partial charge in [0.2, 0.25) is 0 Å². The van der Waals surface area contributed by atoms with Gasteiger partial charge in [0.25, 0.3) is 0 Å². The number of unbranched alkanes of at least 4 members (excludes halogenated alkanes) is 1. The smallest absolute Gasteiger partial charge is 0.186 e. The molecule has 24 heavy (non-hydrogen) atoms. The molecule has 2 aromatic heterocycles. The number of aryl methyl sites for hydroxylation is 1. The second-order valence-electron chi connectivity index (χ2n) is 6.53. The molecule has 1 fully saturated rings. The van der Waals surface area contributed by atoms with Crippen LogP contribution in [-0.2, 0) is 13.0 Å². The van der Waals surface area contributed by atoms with Crippen molar-refractivity contribution >= 4 is 22.9 Å². The Morgan fingerprint density at radius 3 is 2.79 bits per heavy atom. The van der Waals surface area contributed by atoms with Gasteiger partial charge in [-0.2, -0.15) is 0 Å². The zero-order valence-electron chi connectivity index (χ0n) is 14.2. The Morgan fingerprint density at radius 2 is 2.12 bits per heavy atom. The molecule has 4 nitrogen and oxygen atoms in total. The molecule has 0 unspecified atom stereocenters. The maximum atomic E-state index is 12.7. The van der Waals surface area contributed by atoms with Crippen molar-refractivity contribution in [1.82, 2.24) is 9.55 Å². The van der Waals surface area contributed by atoms with E-state index in [9.17, 15) is 9.59 Å². The van der Waals surface area contributed by atoms with Crippen LogP contribution in [0.1, 0.15) is 71.3 Å². The summed E-state index contributed by atoms with van der Waals surface area (Å²) in [5.74, 6) is 0.409. The number of carbonyl (C=O) groups excluding carboxylic acids is 2. The van der Waals surface area contributed by atoms with Crippen LogP contribution in [0.2, 0.25) is 0 Å². The first-order valence-electron chi connectivity index (χ1n) is 8.85. The van der Waals surface area contributed by atoms with E-state index in [0.717, 1.165) is 50.1 Å². The molecule has 0 spiro atoms. The van der Waals surface area contributed by atoms with E-state index in [0.29, 0.717) is 17.7 Å². The summed E-state index contributed by atoms with van der Waals surface area (Å²) in [6.07, 6.45) is 10.2. The van der Waals surface area contributed by atoms with E-state index in [1.807, 2.05) is 22.2 Å². The van der Waals surface area contributed by atoms with Gasteiger partial charge in [-0.05, 0) is 25.3 Å². The van der Waals surface area contributed by atoms with Crippen LogP contribution in [0.15, 0.2) is 23.8 Å². The van der Waals surface area contributed by atoms with Gasteiger partial charge in [-0.1, -0.05) is 26.2 Å². The highest BCUT2D eigenvalue weighted by Gasteiger charge is 2.26. The predicted octanol–water partition coefficient (Wildman–Crippen LogP) is 4.54. The minimum absolute atomic E-state index is 0.0477. The summed E-state index contributed by atoms with van der Waals surface area (Å²) in [4.78, 5) is 29.6. The molecule has 0 amide bonds. The molecule has 128 valence electrons. The summed E-state index contributed by atoms with van der Waals surface area (Å²) in [5, 5.41) is 2.71. The molecule has 0 saturated heterocycles. The van der Waals surface area contributed by atoms with Crippen LogP contribution in [0.3, 0.4) is 0 Å². The molecule has 0 aliphatic heterocycles. The molecule has 0 radical (unpaired) electrons. The maximum absolute atomic E-state index is 12.7. The highest BCUT2D eigenvalue weighted by Crippen LogP contribution is 2.29. The van der Waals surface area contributed by atoms with Gasteiger partial charge in [0.15, 0.2) is 11.6 Å². The van der Waals surface area contributed by atoms with Crippen molar-refractivity contribution < 1.29 is 9.59 Å². The number of thiazole rings is 1. The largest absolute Gasteiger partial charge is 0.344 e. The second kappa shape index (κ2) is 7.88. The highest BCUT2D eigenvalue weighted by molar-refractivity contribution is 7.09. The van der Waals surface area contributed by atoms with Gasteiger partial charge in [0.1, 0.15) is 5.01 Å². The fraction of sp³-hybridized carbons (Fsp3) is 0.526. The third-order valence-corrected chi connectivity index (χ3v) is 5.52. The van der Waals surface area contributed by atoms with Crippen molar-refractivity contribution in [3.8, 4) is 0 Å². The second-order valence-corrected chi connectivity index (χ2v) is 7.51. The number of aromatic nitrogens is 2. The van der Waals surface area contributed by atoms with Gasteiger partial charge in [0, 0.05) is 35.8 Å². The molecule has 0 N–H and O–H groups in total. The summed E-state index contributed by atoms with van der Waals surface area (Å²) >= 11 is 1.50. The first-order chi connectivity index (χ1) is 11.7. The molecule has 2 heterocycles. The van der Waals surface area contributed by atoms with Gasteiger partial charge >= 0.3 is 0 Å². The number of hydrogen-bond donors (Lipinski definition) is 0. The zero-order chi connectivity index (χ0) is 16.9. The summed E-state index contributed by atoms with van der Waals surface area (Å²) in [5.41, 5.74) is 1.36. The third-order valence-electron chi connectivity index (χ3n) is 4.74. The highest BCUT2D eigenvalue weighted by atomic mass is 32.1. The predicted molar refractivity (Wildman–Crippen MR) is 95.8 cm³/mol. The molecule has 0 atom stereocenters. The molecule has 1 aliphatic rings. The molecule has 1 aliphatic carbocycles. The average molecular weight is 344 g/mol. The Hall–Kier alpha value is -1.75. The van der Waals surface area contributed by atoms with Gasteiger partial charge < -0.3 is 4.57 Å². The summed E-state index contributed by atoms with van der Waals surface area (Å²) in [6, 6.07) is 1.81. The molecule has 0 aromatic carbocycles. The Balaban J connectivity index is 1.82. The van der Waals surface area contributed by atoms with Crippen LogP contribution >= 0.6 is 11.3 Å². The Morgan fingerprint density at radius 1 is 1.33 bits per heavy atom. The third kappa shape index (κ3) is 3.83. The summed E-state index contributed by atoms with van der Waals surface area (Å²) in [7, 11) is 0. The molecule has 2 aromatic rings. The molecule has 1 saturated carbocycles. The van der Waals surface area contributed by atoms with E-state index < -0.39 is 0 Å². The Labute approximate surface area is 146 Å². The fourth-order valence-electron chi connectivity index (χ4n) is 3.39. The lowest BCUT2D eigenvalue weighted by Crippen LogP contribution is -2.11. The topological polar surface area (TPSA) is 52.0 Å². The molecule has 3 rings (SSSR count). The summed E-state index contributed by atoms with van der Waals surface area (Å²) < 4.78 is 1.97. The van der Waals surface area contributed by atoms with Crippen LogP contribution in [0, 0.1) is 5.92 Å². The van der Waals surface area contributed by atoms with E-state index >= 15 is 0 Å². The first kappa shape index (κ1) is 17.1. The lowest BCUT2D eigenvalue weighted by molar-refractivity contribution is 0.0922. The van der Waals surface area contributed by atoms with Crippen LogP contribution in [-0.4, -0.2) is 21.1 Å². The maximum Gasteiger partial charge on any atom is 0.186 e. The first-order valence-corrected chi connectivity index (χ1v) is 9.73. The van der Waals surface area contributed by atoms with Crippen LogP contribution in [0.5, 0.6) is 0 Å². The number of hydrogen-bond acceptors (Lipinski definition) is 4. The van der Waals surface area contributed by atoms with Crippen molar-refractivity contribution in [2.45, 2.75) is 58.4 Å². The number of nitrogens with zero attached hydrogens (tertiary/aromatic N) is 2. The van der Waals surface area contributed by atoms with E-state index in [2.05, 4.69) is 11.9 Å². The molecular formula is C19H24N2O2S. The molecule has 5 heteroatoms. The van der Waals surface area contributed by atoms with Crippen molar-refractivity contribution in [3.05, 3.63) is 40.1 Å². The van der Waals surface area contributed by atoms with Gasteiger partial charge in [0.05, 0.1) is 12.1 Å². The van der Waals surface area contributed by atoms with Crippen molar-refractivity contribution in [1.29, 1.82) is 0 Å². The number of Topliss-reactive ketones (excluding diaryl/α,β-unsaturated/α-hetero) is 2. The zero-order valence-corrected chi connectivity index (χ0v) is 15.0. The number of carbonyl (C=O) groups is 2. The summed E-state index contributed by atoms with van der Waals surface area (Å²) in [6.45, 7) is 2.92. The Kier molecular flexibility index (Phi) is 5.61. The lowest BCUT2D eigenvalue weighted by Gasteiger charge is -2.07. The van der Waals surface area contributed by atoms with Crippen LogP contribution in [0.25, 0.3) is 0 Å². The van der Waals surface area contributed by atoms with E-state index in [1.165, 1.54) is 11.3 Å². The van der Waals surface area contributed by atoms with Crippen molar-refractivity contribution in [2.24, 2.45) is 5.92 Å². The normalized spacial score (nSPS) is 15.0. The van der Waals surface area contributed by atoms with Crippen LogP contribution in [0.4, 0.5) is 0 Å². The van der Waals surface area contributed by atoms with Crippen molar-refractivity contribution in [3.63, 3.8) is 0 Å². The average Bonchev–Trinajstić information content (AvgIpc) is 3.32. The van der Waals surface area contributed by atoms with Crippen molar-refractivity contribution in [2.75, 3.05) is 0 Å². The van der Waals surface area contributed by atoms with Crippen LogP contribution < -0.4 is 0 Å². The van der Waals surface area contributed by atoms with E-state index in [4.69, 9.17) is 0 Å². The minimum atomic E-state index is 0.0477. The SMILES string of the molecule is CCCCn1cc(C(=O)C2CCCC2)cc1C(=O)Cc1nccs1. The molecule has 0 bridgehead atoms.